The van der Waals surface area contributed by atoms with Crippen LogP contribution in [0.5, 0.6) is 11.5 Å². The zero-order valence-corrected chi connectivity index (χ0v) is 14.4. The van der Waals surface area contributed by atoms with Crippen LogP contribution in [-0.2, 0) is 0 Å². The summed E-state index contributed by atoms with van der Waals surface area (Å²) >= 11 is 6.84. The summed E-state index contributed by atoms with van der Waals surface area (Å²) in [5.41, 5.74) is 11.2. The lowest BCUT2D eigenvalue weighted by molar-refractivity contribution is 0.337. The van der Waals surface area contributed by atoms with E-state index < -0.39 is 0 Å². The fourth-order valence-corrected chi connectivity index (χ4v) is 3.37. The first-order chi connectivity index (χ1) is 11.1. The number of thiophene rings is 1. The number of methoxy groups -OCH3 is 2. The van der Waals surface area contributed by atoms with E-state index in [1.54, 1.807) is 30.6 Å². The van der Waals surface area contributed by atoms with E-state index in [0.717, 1.165) is 16.1 Å². The lowest BCUT2D eigenvalue weighted by Crippen LogP contribution is -2.42. The topological polar surface area (TPSA) is 59.8 Å². The number of hydrogen-bond donors (Lipinski definition) is 2. The van der Waals surface area contributed by atoms with Gasteiger partial charge in [-0.05, 0) is 47.4 Å². The molecule has 0 spiro atoms. The fraction of sp³-hybridized carbons (Fsp3) is 0.188. The maximum absolute atomic E-state index is 5.88. The predicted molar refractivity (Wildman–Crippen MR) is 96.3 cm³/mol. The first-order valence-electron chi connectivity index (χ1n) is 6.97. The Morgan fingerprint density at radius 3 is 2.65 bits per heavy atom. The van der Waals surface area contributed by atoms with E-state index in [1.807, 2.05) is 29.6 Å². The van der Waals surface area contributed by atoms with Crippen LogP contribution in [0.4, 0.5) is 0 Å². The molecule has 7 heteroatoms. The van der Waals surface area contributed by atoms with Gasteiger partial charge < -0.3 is 15.2 Å². The molecule has 1 unspecified atom stereocenters. The number of thiocarbonyl (C=S) groups is 1. The number of nitrogens with two attached hydrogens (primary N) is 1. The van der Waals surface area contributed by atoms with E-state index in [1.165, 1.54) is 0 Å². The van der Waals surface area contributed by atoms with Crippen LogP contribution in [0.1, 0.15) is 16.5 Å². The number of nitrogens with one attached hydrogen (secondary N) is 1. The lowest BCUT2D eigenvalue weighted by Gasteiger charge is -2.25. The second-order valence-corrected chi connectivity index (χ2v) is 6.30. The van der Waals surface area contributed by atoms with Gasteiger partial charge in [0.05, 0.1) is 30.8 Å². The molecular weight excluding hydrogens is 330 g/mol. The third-order valence-corrected chi connectivity index (χ3v) is 4.72. The summed E-state index contributed by atoms with van der Waals surface area (Å²) in [5.74, 6) is 1.36. The minimum absolute atomic E-state index is 0.107. The van der Waals surface area contributed by atoms with Gasteiger partial charge in [0.1, 0.15) is 0 Å². The molecule has 5 nitrogen and oxygen atoms in total. The number of nitrogens with zero attached hydrogens (tertiary/aromatic N) is 1. The number of hydrogen-bond acceptors (Lipinski definition) is 5. The molecule has 0 saturated carbocycles. The van der Waals surface area contributed by atoms with Gasteiger partial charge in [-0.2, -0.15) is 0 Å². The molecule has 0 amide bonds. The smallest absolute Gasteiger partial charge is 0.186 e. The summed E-state index contributed by atoms with van der Waals surface area (Å²) in [5, 5.41) is 4.09. The molecule has 1 aliphatic rings. The van der Waals surface area contributed by atoms with Crippen LogP contribution >= 0.6 is 23.6 Å². The summed E-state index contributed by atoms with van der Waals surface area (Å²) in [4.78, 5) is 1.13. The van der Waals surface area contributed by atoms with E-state index in [9.17, 15) is 0 Å². The quantitative estimate of drug-likeness (QED) is 0.830. The highest BCUT2D eigenvalue weighted by Gasteiger charge is 2.28. The van der Waals surface area contributed by atoms with E-state index in [-0.39, 0.29) is 11.2 Å². The van der Waals surface area contributed by atoms with Gasteiger partial charge in [-0.1, -0.05) is 12.1 Å². The lowest BCUT2D eigenvalue weighted by atomic mass is 10.1. The molecule has 0 saturated heterocycles. The van der Waals surface area contributed by atoms with Gasteiger partial charge in [-0.25, -0.2) is 0 Å². The zero-order chi connectivity index (χ0) is 16.4. The highest BCUT2D eigenvalue weighted by atomic mass is 32.1. The second kappa shape index (κ2) is 6.47. The molecule has 0 radical (unpaired) electrons. The minimum atomic E-state index is -0.107. The molecule has 0 aliphatic carbocycles. The van der Waals surface area contributed by atoms with Crippen molar-refractivity contribution in [2.24, 2.45) is 5.73 Å². The molecule has 0 bridgehead atoms. The molecule has 1 atom stereocenters. The van der Waals surface area contributed by atoms with Crippen LogP contribution in [0, 0.1) is 0 Å². The summed E-state index contributed by atoms with van der Waals surface area (Å²) in [6, 6.07) is 9.75. The van der Waals surface area contributed by atoms with Gasteiger partial charge in [0, 0.05) is 0 Å². The predicted octanol–water partition coefficient (Wildman–Crippen LogP) is 2.91. The summed E-state index contributed by atoms with van der Waals surface area (Å²) in [7, 11) is 3.23. The monoisotopic (exact) mass is 347 g/mol. The molecule has 1 aliphatic heterocycles. The first-order valence-corrected chi connectivity index (χ1v) is 8.25. The molecule has 3 N–H and O–H groups in total. The van der Waals surface area contributed by atoms with E-state index in [0.29, 0.717) is 11.5 Å². The standard InChI is InChI=1S/C16H17N3O2S2/c1-20-13-6-5-10(8-14(13)21-2)12-9-11(15-4-3-7-23-15)18-19(12)16(17)22/h3-9,12,18H,1-2H3,(H2,17,22). The van der Waals surface area contributed by atoms with Crippen LogP contribution < -0.4 is 20.6 Å². The van der Waals surface area contributed by atoms with E-state index in [4.69, 9.17) is 27.4 Å². The van der Waals surface area contributed by atoms with Crippen molar-refractivity contribution in [2.45, 2.75) is 6.04 Å². The van der Waals surface area contributed by atoms with Crippen LogP contribution in [0.25, 0.3) is 5.70 Å². The Bertz CT molecular complexity index is 744. The highest BCUT2D eigenvalue weighted by Crippen LogP contribution is 2.36. The number of ether oxygens (including phenoxy) is 2. The Morgan fingerprint density at radius 1 is 1.26 bits per heavy atom. The van der Waals surface area contributed by atoms with Gasteiger partial charge in [0.25, 0.3) is 0 Å². The van der Waals surface area contributed by atoms with Gasteiger partial charge >= 0.3 is 0 Å². The Balaban J connectivity index is 1.99. The average molecular weight is 347 g/mol. The van der Waals surface area contributed by atoms with Gasteiger partial charge in [0.2, 0.25) is 0 Å². The molecule has 1 aromatic carbocycles. The number of rotatable bonds is 4. The molecule has 2 heterocycles. The van der Waals surface area contributed by atoms with Crippen LogP contribution in [0.3, 0.4) is 0 Å². The molecule has 120 valence electrons. The van der Waals surface area contributed by atoms with Gasteiger partial charge in [-0.3, -0.25) is 10.4 Å². The maximum Gasteiger partial charge on any atom is 0.186 e. The van der Waals surface area contributed by atoms with Gasteiger partial charge in [-0.15, -0.1) is 11.3 Å². The maximum atomic E-state index is 5.88. The normalized spacial score (nSPS) is 16.7. The largest absolute Gasteiger partial charge is 0.493 e. The number of hydrazine groups is 1. The average Bonchev–Trinajstić information content (AvgIpc) is 3.23. The third-order valence-electron chi connectivity index (χ3n) is 3.62. The summed E-state index contributed by atoms with van der Waals surface area (Å²) < 4.78 is 10.7. The Morgan fingerprint density at radius 2 is 2.04 bits per heavy atom. The Labute approximate surface area is 144 Å². The second-order valence-electron chi connectivity index (χ2n) is 4.94. The molecular formula is C16H17N3O2S2. The first kappa shape index (κ1) is 15.6. The fourth-order valence-electron chi connectivity index (χ4n) is 2.51. The van der Waals surface area contributed by atoms with Crippen LogP contribution in [0.2, 0.25) is 0 Å². The van der Waals surface area contributed by atoms with E-state index >= 15 is 0 Å². The summed E-state index contributed by atoms with van der Waals surface area (Å²) in [6.45, 7) is 0. The van der Waals surface area contributed by atoms with Crippen molar-refractivity contribution in [3.05, 3.63) is 52.2 Å². The third kappa shape index (κ3) is 2.97. The van der Waals surface area contributed by atoms with Crippen molar-refractivity contribution in [1.29, 1.82) is 0 Å². The van der Waals surface area contributed by atoms with Crippen molar-refractivity contribution in [3.63, 3.8) is 0 Å². The van der Waals surface area contributed by atoms with Gasteiger partial charge in [0.15, 0.2) is 16.6 Å². The molecule has 2 aromatic rings. The molecule has 3 rings (SSSR count). The molecule has 1 aromatic heterocycles. The Kier molecular flexibility index (Phi) is 4.40. The molecule has 0 fully saturated rings. The zero-order valence-electron chi connectivity index (χ0n) is 12.8. The Hall–Kier alpha value is -2.25. The highest BCUT2D eigenvalue weighted by molar-refractivity contribution is 7.80. The van der Waals surface area contributed by atoms with Crippen molar-refractivity contribution in [1.82, 2.24) is 10.4 Å². The van der Waals surface area contributed by atoms with Crippen LogP contribution in [0.15, 0.2) is 41.8 Å². The minimum Gasteiger partial charge on any atom is -0.493 e. The van der Waals surface area contributed by atoms with E-state index in [2.05, 4.69) is 17.6 Å². The summed E-state index contributed by atoms with van der Waals surface area (Å²) in [6.07, 6.45) is 2.10. The molecule has 23 heavy (non-hydrogen) atoms. The SMILES string of the molecule is COc1ccc(C2C=C(c3cccs3)NN2C(N)=S)cc1OC. The van der Waals surface area contributed by atoms with Crippen molar-refractivity contribution < 1.29 is 9.47 Å². The van der Waals surface area contributed by atoms with Crippen molar-refractivity contribution >= 4 is 34.4 Å². The van der Waals surface area contributed by atoms with Crippen molar-refractivity contribution in [2.75, 3.05) is 14.2 Å². The number of benzene rings is 1. The van der Waals surface area contributed by atoms with Crippen LogP contribution in [-0.4, -0.2) is 24.3 Å². The van der Waals surface area contributed by atoms with Crippen molar-refractivity contribution in [3.8, 4) is 11.5 Å².